The van der Waals surface area contributed by atoms with E-state index in [2.05, 4.69) is 25.0 Å². The van der Waals surface area contributed by atoms with Gasteiger partial charge in [-0.05, 0) is 42.3 Å². The smallest absolute Gasteiger partial charge is 0.338 e. The van der Waals surface area contributed by atoms with E-state index in [0.717, 1.165) is 23.0 Å². The lowest BCUT2D eigenvalue weighted by Gasteiger charge is -2.07. The molecule has 5 heteroatoms. The van der Waals surface area contributed by atoms with Gasteiger partial charge < -0.3 is 14.2 Å². The zero-order valence-corrected chi connectivity index (χ0v) is 17.0. The van der Waals surface area contributed by atoms with Crippen molar-refractivity contribution in [2.24, 2.45) is 0 Å². The van der Waals surface area contributed by atoms with Gasteiger partial charge in [-0.25, -0.2) is 9.59 Å². The van der Waals surface area contributed by atoms with E-state index in [4.69, 9.17) is 14.2 Å². The van der Waals surface area contributed by atoms with Gasteiger partial charge in [0.1, 0.15) is 18.1 Å². The van der Waals surface area contributed by atoms with E-state index in [9.17, 15) is 9.59 Å². The number of rotatable bonds is 9. The van der Waals surface area contributed by atoms with Crippen LogP contribution < -0.4 is 9.47 Å². The number of carbonyl (C=O) groups excluding carboxylic acids is 2. The van der Waals surface area contributed by atoms with Crippen LogP contribution in [0.2, 0.25) is 0 Å². The van der Waals surface area contributed by atoms with Crippen LogP contribution in [-0.2, 0) is 14.3 Å². The third-order valence-corrected chi connectivity index (χ3v) is 3.86. The zero-order chi connectivity index (χ0) is 21.8. The summed E-state index contributed by atoms with van der Waals surface area (Å²) in [6.45, 7) is 9.23. The van der Waals surface area contributed by atoms with Gasteiger partial charge in [0.15, 0.2) is 0 Å². The summed E-state index contributed by atoms with van der Waals surface area (Å²) in [4.78, 5) is 22.4. The van der Waals surface area contributed by atoms with Crippen molar-refractivity contribution in [1.82, 2.24) is 0 Å². The molecule has 5 nitrogen and oxygen atoms in total. The summed E-state index contributed by atoms with van der Waals surface area (Å²) < 4.78 is 15.7. The quantitative estimate of drug-likeness (QED) is 0.199. The van der Waals surface area contributed by atoms with Gasteiger partial charge in [0.05, 0.1) is 6.61 Å². The Balaban J connectivity index is 1.77. The Hall–Kier alpha value is -3.78. The minimum atomic E-state index is -0.440. The molecular weight excluding hydrogens is 380 g/mol. The molecule has 0 heterocycles. The highest BCUT2D eigenvalue weighted by atomic mass is 16.5. The molecule has 0 saturated heterocycles. The fourth-order valence-corrected chi connectivity index (χ4v) is 2.31. The van der Waals surface area contributed by atoms with E-state index >= 15 is 0 Å². The van der Waals surface area contributed by atoms with E-state index in [0.29, 0.717) is 30.8 Å². The Labute approximate surface area is 177 Å². The summed E-state index contributed by atoms with van der Waals surface area (Å²) in [6.07, 6.45) is 2.20. The molecule has 2 aromatic rings. The van der Waals surface area contributed by atoms with Gasteiger partial charge in [-0.3, -0.25) is 0 Å². The van der Waals surface area contributed by atoms with Gasteiger partial charge >= 0.3 is 11.9 Å². The summed E-state index contributed by atoms with van der Waals surface area (Å²) >= 11 is 0. The van der Waals surface area contributed by atoms with Crippen LogP contribution in [0.4, 0.5) is 0 Å². The molecule has 0 amide bonds. The first kappa shape index (κ1) is 22.5. The lowest BCUT2D eigenvalue weighted by Crippen LogP contribution is -2.07. The number of esters is 2. The zero-order valence-electron chi connectivity index (χ0n) is 17.0. The van der Waals surface area contributed by atoms with Crippen molar-refractivity contribution in [3.63, 3.8) is 0 Å². The van der Waals surface area contributed by atoms with Crippen LogP contribution in [0.1, 0.15) is 19.8 Å². The fraction of sp³-hybridized carbons (Fsp3) is 0.200. The van der Waals surface area contributed by atoms with Crippen molar-refractivity contribution in [3.8, 4) is 34.5 Å². The van der Waals surface area contributed by atoms with Crippen molar-refractivity contribution in [1.29, 1.82) is 0 Å². The van der Waals surface area contributed by atoms with Crippen LogP contribution in [0.3, 0.4) is 0 Å². The molecule has 0 radical (unpaired) electrons. The first-order valence-corrected chi connectivity index (χ1v) is 9.45. The molecule has 0 aliphatic carbocycles. The molecule has 30 heavy (non-hydrogen) atoms. The van der Waals surface area contributed by atoms with Crippen LogP contribution in [-0.4, -0.2) is 25.2 Å². The van der Waals surface area contributed by atoms with Crippen molar-refractivity contribution in [2.45, 2.75) is 19.8 Å². The van der Waals surface area contributed by atoms with Gasteiger partial charge in [0, 0.05) is 24.5 Å². The average Bonchev–Trinajstić information content (AvgIpc) is 2.76. The molecule has 0 N–H and O–H groups in total. The lowest BCUT2D eigenvalue weighted by molar-refractivity contribution is -0.137. The highest BCUT2D eigenvalue weighted by molar-refractivity contribution is 5.88. The summed E-state index contributed by atoms with van der Waals surface area (Å²) in [5.41, 5.74) is 2.38. The minimum Gasteiger partial charge on any atom is -0.493 e. The van der Waals surface area contributed by atoms with Crippen LogP contribution in [0.5, 0.6) is 11.5 Å². The molecule has 2 rings (SSSR count). The second kappa shape index (κ2) is 11.9. The van der Waals surface area contributed by atoms with E-state index in [1.807, 2.05) is 36.4 Å². The van der Waals surface area contributed by atoms with E-state index in [-0.39, 0.29) is 6.61 Å². The Kier molecular flexibility index (Phi) is 8.95. The number of hydrogen-bond donors (Lipinski definition) is 0. The second-order valence-corrected chi connectivity index (χ2v) is 6.29. The summed E-state index contributed by atoms with van der Waals surface area (Å²) in [7, 11) is 0. The van der Waals surface area contributed by atoms with Crippen molar-refractivity contribution in [3.05, 3.63) is 73.3 Å². The van der Waals surface area contributed by atoms with Crippen LogP contribution in [0.25, 0.3) is 11.1 Å². The number of hydrogen-bond acceptors (Lipinski definition) is 5. The largest absolute Gasteiger partial charge is 0.493 e. The predicted octanol–water partition coefficient (Wildman–Crippen LogP) is 4.73. The lowest BCUT2D eigenvalue weighted by atomic mass is 10.1. The summed E-state index contributed by atoms with van der Waals surface area (Å²) in [6, 6.07) is 15.0. The van der Waals surface area contributed by atoms with Crippen molar-refractivity contribution in [2.75, 3.05) is 13.2 Å². The van der Waals surface area contributed by atoms with Crippen LogP contribution in [0, 0.1) is 11.8 Å². The first-order chi connectivity index (χ1) is 14.5. The molecule has 0 saturated carbocycles. The maximum absolute atomic E-state index is 11.5. The molecule has 0 fully saturated rings. The molecule has 0 unspecified atom stereocenters. The Morgan fingerprint density at radius 1 is 0.900 bits per heavy atom. The molecule has 0 atom stereocenters. The Morgan fingerprint density at radius 2 is 1.43 bits per heavy atom. The van der Waals surface area contributed by atoms with Gasteiger partial charge in [0.2, 0.25) is 0 Å². The van der Waals surface area contributed by atoms with E-state index < -0.39 is 11.9 Å². The molecule has 0 aliphatic rings. The second-order valence-electron chi connectivity index (χ2n) is 6.29. The molecule has 2 aromatic carbocycles. The number of ether oxygens (including phenoxy) is 3. The maximum Gasteiger partial charge on any atom is 0.338 e. The van der Waals surface area contributed by atoms with Gasteiger partial charge in [-0.2, -0.15) is 0 Å². The third-order valence-electron chi connectivity index (χ3n) is 3.86. The minimum absolute atomic E-state index is 0.261. The normalized spacial score (nSPS) is 9.63. The fourth-order valence-electron chi connectivity index (χ4n) is 2.31. The van der Waals surface area contributed by atoms with Crippen molar-refractivity contribution < 1.29 is 23.8 Å². The highest BCUT2D eigenvalue weighted by Gasteiger charge is 2.06. The summed E-state index contributed by atoms with van der Waals surface area (Å²) in [5.74, 6) is 6.26. The molecule has 0 bridgehead atoms. The topological polar surface area (TPSA) is 61.8 Å². The number of benzene rings is 2. The Morgan fingerprint density at radius 3 is 1.97 bits per heavy atom. The first-order valence-electron chi connectivity index (χ1n) is 9.45. The highest BCUT2D eigenvalue weighted by Crippen LogP contribution is 2.25. The van der Waals surface area contributed by atoms with Crippen LogP contribution >= 0.6 is 0 Å². The van der Waals surface area contributed by atoms with Gasteiger partial charge in [-0.1, -0.05) is 49.3 Å². The monoisotopic (exact) mass is 404 g/mol. The maximum atomic E-state index is 11.5. The molecular formula is C25H24O5. The third kappa shape index (κ3) is 7.69. The predicted molar refractivity (Wildman–Crippen MR) is 116 cm³/mol. The number of carbonyl (C=O) groups is 2. The average molecular weight is 404 g/mol. The van der Waals surface area contributed by atoms with Gasteiger partial charge in [0.25, 0.3) is 0 Å². The van der Waals surface area contributed by atoms with Crippen LogP contribution in [0.15, 0.2) is 73.3 Å². The van der Waals surface area contributed by atoms with Gasteiger partial charge in [-0.15, -0.1) is 0 Å². The van der Waals surface area contributed by atoms with Crippen molar-refractivity contribution >= 4 is 11.9 Å². The Bertz CT molecular complexity index is 944. The van der Waals surface area contributed by atoms with E-state index in [1.54, 1.807) is 19.1 Å². The van der Waals surface area contributed by atoms with E-state index in [1.165, 1.54) is 0 Å². The SMILES string of the molecule is C=CC(=O)OCCC#CCCOc1ccc(-c2ccc(OC(=O)C(=C)C)cc2)cc1. The molecule has 0 spiro atoms. The summed E-state index contributed by atoms with van der Waals surface area (Å²) in [5, 5.41) is 0. The molecule has 0 aliphatic heterocycles. The standard InChI is InChI=1S/C25H24O5/c1-4-24(26)29-18-8-6-5-7-17-28-22-13-9-20(10-14-22)21-11-15-23(16-12-21)30-25(27)19(2)3/h4,9-16H,1-2,7-8,17-18H2,3H3. The molecule has 154 valence electrons. The molecule has 0 aromatic heterocycles.